The highest BCUT2D eigenvalue weighted by Crippen LogP contribution is 2.22. The molecule has 2 rings (SSSR count). The van der Waals surface area contributed by atoms with Crippen LogP contribution in [0.25, 0.3) is 0 Å². The molecule has 0 fully saturated rings. The van der Waals surface area contributed by atoms with Crippen LogP contribution in [0.2, 0.25) is 0 Å². The monoisotopic (exact) mass is 255 g/mol. The Morgan fingerprint density at radius 2 is 1.58 bits per heavy atom. The molecule has 0 aliphatic rings. The van der Waals surface area contributed by atoms with Gasteiger partial charge in [0.05, 0.1) is 5.56 Å². The van der Waals surface area contributed by atoms with Gasteiger partial charge in [-0.05, 0) is 43.7 Å². The molecule has 1 N–H and O–H groups in total. The minimum atomic E-state index is -0.221. The van der Waals surface area contributed by atoms with Crippen LogP contribution >= 0.6 is 0 Å². The number of aryl methyl sites for hydroxylation is 2. The highest BCUT2D eigenvalue weighted by Gasteiger charge is 2.16. The molecule has 98 valence electrons. The van der Waals surface area contributed by atoms with Gasteiger partial charge in [-0.1, -0.05) is 23.8 Å². The number of carbonyl (C=O) groups excluding carboxylic acids is 1. The number of hydrogen-bond donors (Lipinski definition) is 1. The molecule has 19 heavy (non-hydrogen) atoms. The quantitative estimate of drug-likeness (QED) is 0.894. The summed E-state index contributed by atoms with van der Waals surface area (Å²) in [6.07, 6.45) is 0. The zero-order chi connectivity index (χ0) is 14.0. The van der Waals surface area contributed by atoms with Crippen molar-refractivity contribution in [2.75, 3.05) is 11.9 Å². The number of hydrogen-bond acceptors (Lipinski definition) is 2. The van der Waals surface area contributed by atoms with Crippen LogP contribution in [-0.4, -0.2) is 18.1 Å². The van der Waals surface area contributed by atoms with Crippen molar-refractivity contribution >= 4 is 11.6 Å². The first-order valence-corrected chi connectivity index (χ1v) is 6.13. The lowest BCUT2D eigenvalue weighted by Gasteiger charge is -2.18. The first-order chi connectivity index (χ1) is 8.99. The topological polar surface area (TPSA) is 40.5 Å². The third-order valence-corrected chi connectivity index (χ3v) is 3.11. The van der Waals surface area contributed by atoms with Crippen molar-refractivity contribution in [2.45, 2.75) is 13.8 Å². The van der Waals surface area contributed by atoms with E-state index in [9.17, 15) is 9.90 Å². The minimum absolute atomic E-state index is 0.0176. The van der Waals surface area contributed by atoms with Gasteiger partial charge in [-0.2, -0.15) is 0 Å². The average Bonchev–Trinajstić information content (AvgIpc) is 2.38. The van der Waals surface area contributed by atoms with Crippen molar-refractivity contribution < 1.29 is 9.90 Å². The van der Waals surface area contributed by atoms with E-state index in [1.54, 1.807) is 19.2 Å². The molecule has 0 saturated carbocycles. The molecule has 0 heterocycles. The van der Waals surface area contributed by atoms with E-state index in [4.69, 9.17) is 0 Å². The van der Waals surface area contributed by atoms with Crippen molar-refractivity contribution in [3.8, 4) is 5.75 Å². The number of anilines is 1. The smallest absolute Gasteiger partial charge is 0.261 e. The van der Waals surface area contributed by atoms with Crippen LogP contribution in [-0.2, 0) is 0 Å². The fourth-order valence-corrected chi connectivity index (χ4v) is 1.89. The van der Waals surface area contributed by atoms with Gasteiger partial charge < -0.3 is 10.0 Å². The van der Waals surface area contributed by atoms with Gasteiger partial charge in [0.2, 0.25) is 0 Å². The second kappa shape index (κ2) is 5.14. The Morgan fingerprint density at radius 3 is 2.16 bits per heavy atom. The molecular weight excluding hydrogens is 238 g/mol. The Hall–Kier alpha value is -2.29. The van der Waals surface area contributed by atoms with Gasteiger partial charge in [0.15, 0.2) is 0 Å². The third kappa shape index (κ3) is 2.76. The van der Waals surface area contributed by atoms with Gasteiger partial charge in [-0.25, -0.2) is 0 Å². The molecule has 3 heteroatoms. The maximum Gasteiger partial charge on any atom is 0.261 e. The number of amides is 1. The maximum absolute atomic E-state index is 12.3. The molecule has 0 saturated heterocycles. The van der Waals surface area contributed by atoms with Gasteiger partial charge in [-0.15, -0.1) is 0 Å². The molecule has 1 amide bonds. The lowest BCUT2D eigenvalue weighted by Crippen LogP contribution is -2.26. The number of carbonyl (C=O) groups is 1. The van der Waals surface area contributed by atoms with Gasteiger partial charge in [0, 0.05) is 12.7 Å². The van der Waals surface area contributed by atoms with Crippen LogP contribution < -0.4 is 4.90 Å². The summed E-state index contributed by atoms with van der Waals surface area (Å²) < 4.78 is 0. The Morgan fingerprint density at radius 1 is 1.00 bits per heavy atom. The molecule has 2 aromatic rings. The summed E-state index contributed by atoms with van der Waals surface area (Å²) in [6.45, 7) is 3.87. The summed E-state index contributed by atoms with van der Waals surface area (Å²) >= 11 is 0. The molecule has 0 atom stereocenters. The van der Waals surface area contributed by atoms with Crippen molar-refractivity contribution in [2.24, 2.45) is 0 Å². The summed E-state index contributed by atoms with van der Waals surface area (Å²) in [5.74, 6) is -0.203. The SMILES string of the molecule is Cc1ccc(N(C)C(=O)c2ccc(C)cc2O)cc1. The van der Waals surface area contributed by atoms with E-state index in [2.05, 4.69) is 0 Å². The fourth-order valence-electron chi connectivity index (χ4n) is 1.89. The molecule has 0 aliphatic carbocycles. The van der Waals surface area contributed by atoms with Crippen molar-refractivity contribution in [1.82, 2.24) is 0 Å². The average molecular weight is 255 g/mol. The molecular formula is C16H17NO2. The van der Waals surface area contributed by atoms with Gasteiger partial charge >= 0.3 is 0 Å². The summed E-state index contributed by atoms with van der Waals surface area (Å²) in [7, 11) is 1.70. The molecule has 3 nitrogen and oxygen atoms in total. The largest absolute Gasteiger partial charge is 0.507 e. The number of phenolic OH excluding ortho intramolecular Hbond substituents is 1. The van der Waals surface area contributed by atoms with Crippen LogP contribution in [0, 0.1) is 13.8 Å². The molecule has 2 aromatic carbocycles. The van der Waals surface area contributed by atoms with Gasteiger partial charge in [0.1, 0.15) is 5.75 Å². The van der Waals surface area contributed by atoms with E-state index < -0.39 is 0 Å². The van der Waals surface area contributed by atoms with Gasteiger partial charge in [-0.3, -0.25) is 4.79 Å². The Kier molecular flexibility index (Phi) is 3.56. The van der Waals surface area contributed by atoms with E-state index in [1.165, 1.54) is 4.90 Å². The van der Waals surface area contributed by atoms with Crippen LogP contribution in [0.4, 0.5) is 5.69 Å². The van der Waals surface area contributed by atoms with E-state index >= 15 is 0 Å². The number of aromatic hydroxyl groups is 1. The van der Waals surface area contributed by atoms with E-state index in [0.717, 1.165) is 16.8 Å². The van der Waals surface area contributed by atoms with E-state index in [-0.39, 0.29) is 11.7 Å². The number of nitrogens with zero attached hydrogens (tertiary/aromatic N) is 1. The standard InChI is InChI=1S/C16H17NO2/c1-11-4-7-13(8-5-11)17(3)16(19)14-9-6-12(2)10-15(14)18/h4-10,18H,1-3H3. The van der Waals surface area contributed by atoms with E-state index in [1.807, 2.05) is 44.2 Å². The van der Waals surface area contributed by atoms with Crippen LogP contribution in [0.3, 0.4) is 0 Å². The normalized spacial score (nSPS) is 10.3. The Bertz CT molecular complexity index is 603. The predicted molar refractivity (Wildman–Crippen MR) is 76.8 cm³/mol. The highest BCUT2D eigenvalue weighted by atomic mass is 16.3. The highest BCUT2D eigenvalue weighted by molar-refractivity contribution is 6.07. The summed E-state index contributed by atoms with van der Waals surface area (Å²) in [6, 6.07) is 12.7. The Labute approximate surface area is 113 Å². The summed E-state index contributed by atoms with van der Waals surface area (Å²) in [5, 5.41) is 9.85. The van der Waals surface area contributed by atoms with Crippen LogP contribution in [0.15, 0.2) is 42.5 Å². The minimum Gasteiger partial charge on any atom is -0.507 e. The second-order valence-corrected chi connectivity index (χ2v) is 4.72. The number of rotatable bonds is 2. The zero-order valence-corrected chi connectivity index (χ0v) is 11.3. The fraction of sp³-hybridized carbons (Fsp3) is 0.188. The van der Waals surface area contributed by atoms with Crippen LogP contribution in [0.5, 0.6) is 5.75 Å². The van der Waals surface area contributed by atoms with Crippen molar-refractivity contribution in [1.29, 1.82) is 0 Å². The van der Waals surface area contributed by atoms with Crippen molar-refractivity contribution in [3.63, 3.8) is 0 Å². The first-order valence-electron chi connectivity index (χ1n) is 6.13. The maximum atomic E-state index is 12.3. The third-order valence-electron chi connectivity index (χ3n) is 3.11. The molecule has 0 spiro atoms. The van der Waals surface area contributed by atoms with Gasteiger partial charge in [0.25, 0.3) is 5.91 Å². The lowest BCUT2D eigenvalue weighted by molar-refractivity contribution is 0.0990. The van der Waals surface area contributed by atoms with Crippen LogP contribution in [0.1, 0.15) is 21.5 Å². The second-order valence-electron chi connectivity index (χ2n) is 4.72. The molecule has 0 aromatic heterocycles. The van der Waals surface area contributed by atoms with Crippen molar-refractivity contribution in [3.05, 3.63) is 59.2 Å². The Balaban J connectivity index is 2.30. The van der Waals surface area contributed by atoms with E-state index in [0.29, 0.717) is 5.56 Å². The number of benzene rings is 2. The first kappa shape index (κ1) is 13.1. The predicted octanol–water partition coefficient (Wildman–Crippen LogP) is 3.29. The number of phenols is 1. The molecule has 0 unspecified atom stereocenters. The molecule has 0 bridgehead atoms. The molecule has 0 aliphatic heterocycles. The molecule has 0 radical (unpaired) electrons. The lowest BCUT2D eigenvalue weighted by atomic mass is 10.1. The summed E-state index contributed by atoms with van der Waals surface area (Å²) in [5.41, 5.74) is 3.18. The summed E-state index contributed by atoms with van der Waals surface area (Å²) in [4.78, 5) is 13.9. The zero-order valence-electron chi connectivity index (χ0n) is 11.3.